The normalized spacial score (nSPS) is 9.00. The molecule has 0 spiro atoms. The van der Waals surface area contributed by atoms with Gasteiger partial charge in [0.1, 0.15) is 0 Å². The van der Waals surface area contributed by atoms with Crippen molar-refractivity contribution in [3.8, 4) is 0 Å². The van der Waals surface area contributed by atoms with Crippen molar-refractivity contribution in [3.05, 3.63) is 0 Å². The number of carbonyl (C=O) groups is 4. The second-order valence-electron chi connectivity index (χ2n) is 3.25. The largest absolute Gasteiger partial charge is 0.453 e. The molecular formula is C10H18N4O8. The molecule has 4 N–H and O–H groups in total. The zero-order valence-electron chi connectivity index (χ0n) is 12.1. The number of hydrogen-bond acceptors (Lipinski definition) is 8. The first kappa shape index (κ1) is 19.1. The van der Waals surface area contributed by atoms with Crippen LogP contribution in [0.4, 0.5) is 19.2 Å². The van der Waals surface area contributed by atoms with Crippen molar-refractivity contribution in [2.45, 2.75) is 6.92 Å². The van der Waals surface area contributed by atoms with E-state index in [1.54, 1.807) is 6.92 Å². The first-order chi connectivity index (χ1) is 10.5. The van der Waals surface area contributed by atoms with Crippen molar-refractivity contribution in [2.24, 2.45) is 0 Å². The van der Waals surface area contributed by atoms with E-state index in [9.17, 15) is 19.2 Å². The lowest BCUT2D eigenvalue weighted by atomic mass is 10.8. The second kappa shape index (κ2) is 11.9. The van der Waals surface area contributed by atoms with E-state index in [2.05, 4.69) is 40.2 Å². The van der Waals surface area contributed by atoms with E-state index in [1.807, 2.05) is 0 Å². The molecule has 0 saturated carbocycles. The first-order valence-corrected chi connectivity index (χ1v) is 6.03. The van der Waals surface area contributed by atoms with E-state index in [0.29, 0.717) is 0 Å². The maximum absolute atomic E-state index is 11.1. The summed E-state index contributed by atoms with van der Waals surface area (Å²) in [5, 5.41) is 8.67. The van der Waals surface area contributed by atoms with Crippen molar-refractivity contribution in [1.29, 1.82) is 0 Å². The van der Waals surface area contributed by atoms with Gasteiger partial charge in [-0.25, -0.2) is 19.2 Å². The number of rotatable bonds is 7. The van der Waals surface area contributed by atoms with E-state index in [0.717, 1.165) is 7.11 Å². The van der Waals surface area contributed by atoms with Crippen LogP contribution >= 0.6 is 0 Å². The summed E-state index contributed by atoms with van der Waals surface area (Å²) in [6.45, 7) is 0.734. The zero-order chi connectivity index (χ0) is 16.8. The summed E-state index contributed by atoms with van der Waals surface area (Å²) < 4.78 is 17.7. The highest BCUT2D eigenvalue weighted by molar-refractivity contribution is 5.71. The predicted molar refractivity (Wildman–Crippen MR) is 69.5 cm³/mol. The van der Waals surface area contributed by atoms with Crippen LogP contribution in [0.15, 0.2) is 0 Å². The summed E-state index contributed by atoms with van der Waals surface area (Å²) in [7, 11) is 1.16. The molecule has 12 heteroatoms. The van der Waals surface area contributed by atoms with Crippen molar-refractivity contribution >= 4 is 24.4 Å². The molecule has 0 atom stereocenters. The van der Waals surface area contributed by atoms with Gasteiger partial charge in [0.25, 0.3) is 0 Å². The fourth-order valence-corrected chi connectivity index (χ4v) is 0.870. The lowest BCUT2D eigenvalue weighted by Crippen LogP contribution is -2.39. The Hall–Kier alpha value is -2.92. The molecule has 0 aromatic rings. The number of carbonyl (C=O) groups excluding carboxylic acids is 4. The molecule has 0 aromatic carbocycles. The number of amides is 4. The van der Waals surface area contributed by atoms with Crippen molar-refractivity contribution in [3.63, 3.8) is 0 Å². The molecule has 0 aliphatic heterocycles. The minimum atomic E-state index is -0.922. The standard InChI is InChI=1S/C10H18N4O8/c1-3-20-8(16)12-5-14-10(18)22-6-21-9(17)13-4-11-7(15)19-2/h3-6H2,1-2H3,(H,11,15)(H,12,16)(H,13,17)(H,14,18). The molecule has 0 heterocycles. The van der Waals surface area contributed by atoms with Gasteiger partial charge in [-0.1, -0.05) is 0 Å². The summed E-state index contributed by atoms with van der Waals surface area (Å²) in [6.07, 6.45) is -3.27. The van der Waals surface area contributed by atoms with Gasteiger partial charge < -0.3 is 40.2 Å². The third kappa shape index (κ3) is 11.0. The van der Waals surface area contributed by atoms with Crippen LogP contribution in [0.1, 0.15) is 6.92 Å². The summed E-state index contributed by atoms with van der Waals surface area (Å²) in [5.41, 5.74) is 0. The van der Waals surface area contributed by atoms with E-state index in [4.69, 9.17) is 0 Å². The second-order valence-corrected chi connectivity index (χ2v) is 3.25. The number of ether oxygens (including phenoxy) is 4. The maximum Gasteiger partial charge on any atom is 0.411 e. The molecule has 12 nitrogen and oxygen atoms in total. The van der Waals surface area contributed by atoms with Crippen LogP contribution in [-0.2, 0) is 18.9 Å². The van der Waals surface area contributed by atoms with Gasteiger partial charge in [0.2, 0.25) is 6.79 Å². The Morgan fingerprint density at radius 1 is 0.727 bits per heavy atom. The summed E-state index contributed by atoms with van der Waals surface area (Å²) in [6, 6.07) is 0. The van der Waals surface area contributed by atoms with E-state index < -0.39 is 31.2 Å². The number of alkyl carbamates (subject to hydrolysis) is 4. The Balaban J connectivity index is 3.56. The van der Waals surface area contributed by atoms with Gasteiger partial charge in [-0.2, -0.15) is 0 Å². The molecule has 0 fully saturated rings. The van der Waals surface area contributed by atoms with Crippen LogP contribution in [0.25, 0.3) is 0 Å². The van der Waals surface area contributed by atoms with E-state index >= 15 is 0 Å². The predicted octanol–water partition coefficient (Wildman–Crippen LogP) is -0.587. The average molecular weight is 322 g/mol. The van der Waals surface area contributed by atoms with Gasteiger partial charge in [-0.15, -0.1) is 0 Å². The molecule has 0 radical (unpaired) electrons. The number of hydrogen-bond donors (Lipinski definition) is 4. The van der Waals surface area contributed by atoms with Gasteiger partial charge >= 0.3 is 24.4 Å². The van der Waals surface area contributed by atoms with Crippen LogP contribution in [-0.4, -0.2) is 58.2 Å². The molecule has 0 unspecified atom stereocenters. The van der Waals surface area contributed by atoms with Gasteiger partial charge in [0.15, 0.2) is 0 Å². The number of methoxy groups -OCH3 is 1. The molecule has 4 amide bonds. The highest BCUT2D eigenvalue weighted by atomic mass is 16.7. The molecule has 22 heavy (non-hydrogen) atoms. The lowest BCUT2D eigenvalue weighted by Gasteiger charge is -2.09. The Morgan fingerprint density at radius 2 is 1.14 bits per heavy atom. The van der Waals surface area contributed by atoms with Gasteiger partial charge in [-0.05, 0) is 6.92 Å². The van der Waals surface area contributed by atoms with Crippen molar-refractivity contribution in [2.75, 3.05) is 33.8 Å². The summed E-state index contributed by atoms with van der Waals surface area (Å²) in [4.78, 5) is 43.7. The van der Waals surface area contributed by atoms with Crippen LogP contribution in [0.2, 0.25) is 0 Å². The molecule has 0 aliphatic carbocycles. The van der Waals surface area contributed by atoms with E-state index in [1.165, 1.54) is 0 Å². The molecule has 0 aromatic heterocycles. The van der Waals surface area contributed by atoms with E-state index in [-0.39, 0.29) is 19.9 Å². The van der Waals surface area contributed by atoms with Crippen LogP contribution in [0, 0.1) is 0 Å². The average Bonchev–Trinajstić information content (AvgIpc) is 2.47. The van der Waals surface area contributed by atoms with Crippen molar-refractivity contribution in [1.82, 2.24) is 21.3 Å². The van der Waals surface area contributed by atoms with Crippen molar-refractivity contribution < 1.29 is 38.1 Å². The molecule has 126 valence electrons. The van der Waals surface area contributed by atoms with Crippen LogP contribution < -0.4 is 21.3 Å². The molecule has 0 rings (SSSR count). The monoisotopic (exact) mass is 322 g/mol. The number of nitrogens with one attached hydrogen (secondary N) is 4. The van der Waals surface area contributed by atoms with Gasteiger partial charge in [-0.3, -0.25) is 0 Å². The SMILES string of the molecule is CCOC(=O)NCNC(=O)OCOC(=O)NCNC(=O)OC. The minimum absolute atomic E-state index is 0.198. The van der Waals surface area contributed by atoms with Crippen LogP contribution in [0.5, 0.6) is 0 Å². The Morgan fingerprint density at radius 3 is 1.55 bits per heavy atom. The fourth-order valence-electron chi connectivity index (χ4n) is 0.870. The lowest BCUT2D eigenvalue weighted by molar-refractivity contribution is 0.0241. The fraction of sp³-hybridized carbons (Fsp3) is 0.600. The topological polar surface area (TPSA) is 153 Å². The highest BCUT2D eigenvalue weighted by Crippen LogP contribution is 1.82. The minimum Gasteiger partial charge on any atom is -0.453 e. The Kier molecular flexibility index (Phi) is 10.3. The Bertz CT molecular complexity index is 389. The molecule has 0 saturated heterocycles. The smallest absolute Gasteiger partial charge is 0.411 e. The third-order valence-electron chi connectivity index (χ3n) is 1.77. The zero-order valence-corrected chi connectivity index (χ0v) is 12.1. The third-order valence-corrected chi connectivity index (χ3v) is 1.77. The highest BCUT2D eigenvalue weighted by Gasteiger charge is 2.06. The summed E-state index contributed by atoms with van der Waals surface area (Å²) in [5.74, 6) is 0. The molecule has 0 aliphatic rings. The quantitative estimate of drug-likeness (QED) is 0.358. The maximum atomic E-state index is 11.1. The summed E-state index contributed by atoms with van der Waals surface area (Å²) >= 11 is 0. The molecular weight excluding hydrogens is 304 g/mol. The van der Waals surface area contributed by atoms with Crippen LogP contribution in [0.3, 0.4) is 0 Å². The van der Waals surface area contributed by atoms with Gasteiger partial charge in [0.05, 0.1) is 27.1 Å². The van der Waals surface area contributed by atoms with Gasteiger partial charge in [0, 0.05) is 0 Å². The molecule has 0 bridgehead atoms. The Labute approximate surface area is 125 Å². The first-order valence-electron chi connectivity index (χ1n) is 6.03.